The third kappa shape index (κ3) is 4.01. The molecule has 0 bridgehead atoms. The number of nitrogens with zero attached hydrogens (tertiary/aromatic N) is 2. The Morgan fingerprint density at radius 1 is 1.22 bits per heavy atom. The molecule has 1 aliphatic rings. The fraction of sp³-hybridized carbons (Fsp3) is 0.429. The molecule has 126 valence electrons. The van der Waals surface area contributed by atoms with E-state index in [9.17, 15) is 13.2 Å². The second kappa shape index (κ2) is 6.86. The summed E-state index contributed by atoms with van der Waals surface area (Å²) in [6, 6.07) is 7.34. The van der Waals surface area contributed by atoms with E-state index >= 15 is 0 Å². The SMILES string of the molecule is Cl.NS(=O)(=O)CC1CCN(c2n[nH]c(=O)c3ccccc23)CC1. The number of nitrogens with two attached hydrogens (primary N) is 1. The van der Waals surface area contributed by atoms with Crippen molar-refractivity contribution in [1.29, 1.82) is 0 Å². The molecule has 3 rings (SSSR count). The number of piperidine rings is 1. The Bertz CT molecular complexity index is 844. The monoisotopic (exact) mass is 358 g/mol. The van der Waals surface area contributed by atoms with Gasteiger partial charge in [-0.25, -0.2) is 18.7 Å². The first-order valence-electron chi connectivity index (χ1n) is 7.17. The zero-order valence-corrected chi connectivity index (χ0v) is 14.1. The van der Waals surface area contributed by atoms with Crippen LogP contribution in [0.2, 0.25) is 0 Å². The number of sulfonamides is 1. The molecule has 23 heavy (non-hydrogen) atoms. The minimum Gasteiger partial charge on any atom is -0.355 e. The molecule has 1 fully saturated rings. The number of primary sulfonamides is 1. The van der Waals surface area contributed by atoms with E-state index in [-0.39, 0.29) is 29.6 Å². The summed E-state index contributed by atoms with van der Waals surface area (Å²) in [7, 11) is -3.43. The van der Waals surface area contributed by atoms with Gasteiger partial charge in [0.2, 0.25) is 10.0 Å². The molecule has 0 amide bonds. The number of benzene rings is 1. The lowest BCUT2D eigenvalue weighted by molar-refractivity contribution is 0.434. The molecule has 0 atom stereocenters. The summed E-state index contributed by atoms with van der Waals surface area (Å²) < 4.78 is 22.4. The van der Waals surface area contributed by atoms with Gasteiger partial charge in [-0.15, -0.1) is 12.4 Å². The zero-order valence-electron chi connectivity index (χ0n) is 12.4. The summed E-state index contributed by atoms with van der Waals surface area (Å²) in [5.74, 6) is 0.852. The fourth-order valence-corrected chi connectivity index (χ4v) is 3.97. The highest BCUT2D eigenvalue weighted by Crippen LogP contribution is 2.26. The predicted octanol–water partition coefficient (Wildman–Crippen LogP) is 0.850. The number of H-pyrrole nitrogens is 1. The topological polar surface area (TPSA) is 109 Å². The molecule has 2 aromatic rings. The molecular weight excluding hydrogens is 340 g/mol. The maximum Gasteiger partial charge on any atom is 0.272 e. The zero-order chi connectivity index (χ0) is 15.7. The van der Waals surface area contributed by atoms with Crippen molar-refractivity contribution in [2.75, 3.05) is 23.7 Å². The summed E-state index contributed by atoms with van der Waals surface area (Å²) in [4.78, 5) is 13.9. The molecule has 1 aromatic heterocycles. The molecule has 3 N–H and O–H groups in total. The molecule has 1 saturated heterocycles. The van der Waals surface area contributed by atoms with Gasteiger partial charge in [-0.3, -0.25) is 4.79 Å². The highest BCUT2D eigenvalue weighted by Gasteiger charge is 2.24. The van der Waals surface area contributed by atoms with Crippen molar-refractivity contribution >= 4 is 39.0 Å². The minimum absolute atomic E-state index is 0. The maximum absolute atomic E-state index is 11.8. The van der Waals surface area contributed by atoms with Crippen LogP contribution in [0.3, 0.4) is 0 Å². The number of aromatic amines is 1. The first kappa shape index (κ1) is 17.7. The maximum atomic E-state index is 11.8. The molecule has 0 unspecified atom stereocenters. The number of rotatable bonds is 3. The standard InChI is InChI=1S/C14H18N4O3S.ClH/c15-22(20,21)9-10-5-7-18(8-6-10)13-11-3-1-2-4-12(11)14(19)17-16-13;/h1-4,10H,5-9H2,(H,17,19)(H2,15,20,21);1H. The number of hydrogen-bond donors (Lipinski definition) is 2. The van der Waals surface area contributed by atoms with E-state index in [4.69, 9.17) is 5.14 Å². The van der Waals surface area contributed by atoms with Gasteiger partial charge in [-0.2, -0.15) is 5.10 Å². The van der Waals surface area contributed by atoms with Gasteiger partial charge in [0, 0.05) is 18.5 Å². The van der Waals surface area contributed by atoms with Crippen molar-refractivity contribution in [3.63, 3.8) is 0 Å². The predicted molar refractivity (Wildman–Crippen MR) is 92.5 cm³/mol. The number of nitrogens with one attached hydrogen (secondary N) is 1. The first-order chi connectivity index (χ1) is 10.4. The van der Waals surface area contributed by atoms with E-state index in [1.165, 1.54) is 0 Å². The summed E-state index contributed by atoms with van der Waals surface area (Å²) in [5.41, 5.74) is -0.205. The second-order valence-corrected chi connectivity index (χ2v) is 7.34. The Morgan fingerprint density at radius 2 is 1.83 bits per heavy atom. The van der Waals surface area contributed by atoms with E-state index in [1.807, 2.05) is 18.2 Å². The average molecular weight is 359 g/mol. The van der Waals surface area contributed by atoms with Gasteiger partial charge < -0.3 is 4.90 Å². The largest absolute Gasteiger partial charge is 0.355 e. The van der Waals surface area contributed by atoms with E-state index in [1.54, 1.807) is 6.07 Å². The Labute approximate surface area is 140 Å². The second-order valence-electron chi connectivity index (χ2n) is 5.68. The van der Waals surface area contributed by atoms with Gasteiger partial charge in [0.25, 0.3) is 5.56 Å². The number of aromatic nitrogens is 2. The molecule has 0 spiro atoms. The van der Waals surface area contributed by atoms with Gasteiger partial charge in [0.15, 0.2) is 5.82 Å². The number of halogens is 1. The van der Waals surface area contributed by atoms with E-state index in [0.717, 1.165) is 24.0 Å². The van der Waals surface area contributed by atoms with Crippen LogP contribution in [0.5, 0.6) is 0 Å². The molecule has 1 aromatic carbocycles. The van der Waals surface area contributed by atoms with Gasteiger partial charge in [-0.1, -0.05) is 18.2 Å². The molecular formula is C14H19ClN4O3S. The lowest BCUT2D eigenvalue weighted by atomic mass is 9.98. The van der Waals surface area contributed by atoms with Crippen LogP contribution in [0.25, 0.3) is 10.8 Å². The summed E-state index contributed by atoms with van der Waals surface area (Å²) in [5, 5.41) is 13.2. The van der Waals surface area contributed by atoms with Crippen LogP contribution in [-0.2, 0) is 10.0 Å². The number of fused-ring (bicyclic) bond motifs is 1. The quantitative estimate of drug-likeness (QED) is 0.845. The molecule has 1 aliphatic heterocycles. The van der Waals surface area contributed by atoms with Crippen molar-refractivity contribution in [3.8, 4) is 0 Å². The lowest BCUT2D eigenvalue weighted by Crippen LogP contribution is -2.38. The number of hydrogen-bond acceptors (Lipinski definition) is 5. The Morgan fingerprint density at radius 3 is 2.43 bits per heavy atom. The highest BCUT2D eigenvalue weighted by molar-refractivity contribution is 7.89. The smallest absolute Gasteiger partial charge is 0.272 e. The van der Waals surface area contributed by atoms with Crippen LogP contribution >= 0.6 is 12.4 Å². The van der Waals surface area contributed by atoms with Gasteiger partial charge in [-0.05, 0) is 24.8 Å². The number of anilines is 1. The molecule has 9 heteroatoms. The minimum atomic E-state index is -3.43. The van der Waals surface area contributed by atoms with Crippen LogP contribution < -0.4 is 15.6 Å². The van der Waals surface area contributed by atoms with Crippen molar-refractivity contribution in [3.05, 3.63) is 34.6 Å². The molecule has 0 aliphatic carbocycles. The van der Waals surface area contributed by atoms with Crippen LogP contribution in [0.4, 0.5) is 5.82 Å². The van der Waals surface area contributed by atoms with Crippen molar-refractivity contribution in [2.24, 2.45) is 11.1 Å². The third-order valence-corrected chi connectivity index (χ3v) is 4.99. The Kier molecular flexibility index (Phi) is 5.28. The van der Waals surface area contributed by atoms with E-state index in [2.05, 4.69) is 15.1 Å². The Hall–Kier alpha value is -1.64. The van der Waals surface area contributed by atoms with Crippen molar-refractivity contribution in [1.82, 2.24) is 10.2 Å². The highest BCUT2D eigenvalue weighted by atomic mass is 35.5. The van der Waals surface area contributed by atoms with Crippen LogP contribution in [0, 0.1) is 5.92 Å². The summed E-state index contributed by atoms with van der Waals surface area (Å²) in [6.07, 6.45) is 1.48. The Balaban J connectivity index is 0.00000192. The summed E-state index contributed by atoms with van der Waals surface area (Å²) in [6.45, 7) is 1.40. The molecule has 2 heterocycles. The van der Waals surface area contributed by atoms with Crippen molar-refractivity contribution < 1.29 is 8.42 Å². The van der Waals surface area contributed by atoms with Gasteiger partial charge in [0.05, 0.1) is 11.1 Å². The van der Waals surface area contributed by atoms with Crippen LogP contribution in [0.1, 0.15) is 12.8 Å². The van der Waals surface area contributed by atoms with Gasteiger partial charge >= 0.3 is 0 Å². The van der Waals surface area contributed by atoms with E-state index in [0.29, 0.717) is 18.5 Å². The molecule has 0 saturated carbocycles. The van der Waals surface area contributed by atoms with E-state index < -0.39 is 10.0 Å². The van der Waals surface area contributed by atoms with Gasteiger partial charge in [0.1, 0.15) is 0 Å². The first-order valence-corrected chi connectivity index (χ1v) is 8.88. The molecule has 0 radical (unpaired) electrons. The lowest BCUT2D eigenvalue weighted by Gasteiger charge is -2.32. The van der Waals surface area contributed by atoms with Crippen LogP contribution in [-0.4, -0.2) is 37.5 Å². The average Bonchev–Trinajstić information content (AvgIpc) is 2.48. The molecule has 7 nitrogen and oxygen atoms in total. The van der Waals surface area contributed by atoms with Crippen molar-refractivity contribution in [2.45, 2.75) is 12.8 Å². The third-order valence-electron chi connectivity index (χ3n) is 4.06. The normalized spacial score (nSPS) is 16.3. The summed E-state index contributed by atoms with van der Waals surface area (Å²) >= 11 is 0. The van der Waals surface area contributed by atoms with Crippen LogP contribution in [0.15, 0.2) is 29.1 Å². The fourth-order valence-electron chi connectivity index (χ4n) is 2.98.